The maximum Gasteiger partial charge on any atom is 0.316 e. The van der Waals surface area contributed by atoms with E-state index in [2.05, 4.69) is 4.84 Å². The first kappa shape index (κ1) is 16.5. The maximum absolute atomic E-state index is 13.0. The fourth-order valence-corrected chi connectivity index (χ4v) is 3.37. The number of hydrogen-bond acceptors (Lipinski definition) is 4. The first-order chi connectivity index (χ1) is 13.1. The van der Waals surface area contributed by atoms with Crippen molar-refractivity contribution in [2.24, 2.45) is 7.05 Å². The zero-order valence-electron chi connectivity index (χ0n) is 14.7. The molecule has 0 radical (unpaired) electrons. The molecule has 0 aliphatic heterocycles. The lowest BCUT2D eigenvalue weighted by Gasteiger charge is -2.09. The molecule has 4 aromatic rings. The van der Waals surface area contributed by atoms with Crippen molar-refractivity contribution in [1.82, 2.24) is 9.13 Å². The van der Waals surface area contributed by atoms with E-state index in [1.165, 1.54) is 11.7 Å². The summed E-state index contributed by atoms with van der Waals surface area (Å²) in [6.45, 7) is 0. The third-order valence-corrected chi connectivity index (χ3v) is 4.67. The molecule has 0 amide bonds. The standard InChI is InChI=1S/C20H15N4O3/c1-22-17-6-4-3-5-16(17)19-18(22)11-13(12-21)20(25)23(19)14-7-9-15(10-8-14)24(26)27-2/h3-11H,1-2H3/q+1. The van der Waals surface area contributed by atoms with Gasteiger partial charge in [0.05, 0.1) is 21.5 Å². The zero-order chi connectivity index (χ0) is 19.1. The summed E-state index contributed by atoms with van der Waals surface area (Å²) in [7, 11) is 3.18. The van der Waals surface area contributed by atoms with E-state index < -0.39 is 5.56 Å². The van der Waals surface area contributed by atoms with Gasteiger partial charge in [-0.3, -0.25) is 9.36 Å². The molecule has 0 bridgehead atoms. The van der Waals surface area contributed by atoms with Gasteiger partial charge in [0.1, 0.15) is 11.6 Å². The van der Waals surface area contributed by atoms with E-state index in [1.807, 2.05) is 41.9 Å². The summed E-state index contributed by atoms with van der Waals surface area (Å²) in [4.78, 5) is 29.6. The van der Waals surface area contributed by atoms with Gasteiger partial charge in [0.2, 0.25) is 0 Å². The highest BCUT2D eigenvalue weighted by Crippen LogP contribution is 2.29. The Morgan fingerprint density at radius 2 is 1.78 bits per heavy atom. The van der Waals surface area contributed by atoms with Crippen LogP contribution in [0.3, 0.4) is 0 Å². The first-order valence-corrected chi connectivity index (χ1v) is 8.22. The lowest BCUT2D eigenvalue weighted by Crippen LogP contribution is -2.21. The summed E-state index contributed by atoms with van der Waals surface area (Å²) in [5.41, 5.74) is 2.97. The molecule has 2 aromatic carbocycles. The van der Waals surface area contributed by atoms with Crippen molar-refractivity contribution < 1.29 is 9.76 Å². The van der Waals surface area contributed by atoms with Crippen molar-refractivity contribution >= 4 is 27.6 Å². The molecule has 132 valence electrons. The van der Waals surface area contributed by atoms with Crippen LogP contribution in [0.1, 0.15) is 5.56 Å². The Labute approximate surface area is 153 Å². The molecule has 0 N–H and O–H groups in total. The van der Waals surface area contributed by atoms with Gasteiger partial charge < -0.3 is 4.57 Å². The van der Waals surface area contributed by atoms with Gasteiger partial charge in [0, 0.05) is 30.3 Å². The van der Waals surface area contributed by atoms with Gasteiger partial charge in [0.25, 0.3) is 10.5 Å². The molecule has 0 spiro atoms. The number of aromatic nitrogens is 2. The van der Waals surface area contributed by atoms with Crippen molar-refractivity contribution in [2.45, 2.75) is 0 Å². The average molecular weight is 359 g/mol. The van der Waals surface area contributed by atoms with Crippen LogP contribution in [0.25, 0.3) is 27.6 Å². The molecule has 0 unspecified atom stereocenters. The van der Waals surface area contributed by atoms with Gasteiger partial charge in [0.15, 0.2) is 7.11 Å². The molecular formula is C20H15N4O3+. The number of pyridine rings is 1. The van der Waals surface area contributed by atoms with Gasteiger partial charge in [-0.2, -0.15) is 5.26 Å². The van der Waals surface area contributed by atoms with Crippen molar-refractivity contribution in [3.8, 4) is 11.8 Å². The third kappa shape index (κ3) is 2.39. The fraction of sp³-hybridized carbons (Fsp3) is 0.100. The lowest BCUT2D eigenvalue weighted by molar-refractivity contribution is -0.736. The summed E-state index contributed by atoms with van der Waals surface area (Å²) in [5.74, 6) is 0. The van der Waals surface area contributed by atoms with Gasteiger partial charge in [-0.15, -0.1) is 0 Å². The normalized spacial score (nSPS) is 10.9. The van der Waals surface area contributed by atoms with Crippen LogP contribution in [0.4, 0.5) is 5.69 Å². The molecule has 0 aliphatic carbocycles. The predicted molar refractivity (Wildman–Crippen MR) is 101 cm³/mol. The summed E-state index contributed by atoms with van der Waals surface area (Å²) >= 11 is 0. The highest BCUT2D eigenvalue weighted by molar-refractivity contribution is 6.06. The van der Waals surface area contributed by atoms with Gasteiger partial charge in [-0.1, -0.05) is 18.2 Å². The lowest BCUT2D eigenvalue weighted by atomic mass is 10.2. The van der Waals surface area contributed by atoms with Gasteiger partial charge in [-0.05, 0) is 24.3 Å². The van der Waals surface area contributed by atoms with Crippen molar-refractivity contribution in [3.05, 3.63) is 75.4 Å². The molecule has 2 aromatic heterocycles. The molecular weight excluding hydrogens is 344 g/mol. The molecule has 0 fully saturated rings. The van der Waals surface area contributed by atoms with Crippen LogP contribution in [-0.2, 0) is 11.9 Å². The minimum atomic E-state index is -0.403. The Kier molecular flexibility index (Phi) is 3.74. The van der Waals surface area contributed by atoms with Crippen LogP contribution in [0.5, 0.6) is 0 Å². The highest BCUT2D eigenvalue weighted by Gasteiger charge is 2.19. The van der Waals surface area contributed by atoms with Crippen LogP contribution >= 0.6 is 0 Å². The molecule has 2 heterocycles. The molecule has 0 saturated carbocycles. The molecule has 7 heteroatoms. The molecule has 4 rings (SSSR count). The Morgan fingerprint density at radius 1 is 1.07 bits per heavy atom. The number of rotatable bonds is 3. The monoisotopic (exact) mass is 359 g/mol. The summed E-state index contributed by atoms with van der Waals surface area (Å²) in [6.07, 6.45) is 0. The van der Waals surface area contributed by atoms with Crippen LogP contribution < -0.4 is 5.56 Å². The summed E-state index contributed by atoms with van der Waals surface area (Å²) < 4.78 is 3.47. The smallest absolute Gasteiger partial charge is 0.316 e. The van der Waals surface area contributed by atoms with Crippen molar-refractivity contribution in [2.75, 3.05) is 7.11 Å². The van der Waals surface area contributed by atoms with E-state index in [4.69, 9.17) is 0 Å². The van der Waals surface area contributed by atoms with Crippen molar-refractivity contribution in [3.63, 3.8) is 0 Å². The minimum Gasteiger partial charge on any atom is -0.342 e. The largest absolute Gasteiger partial charge is 0.342 e. The number of fused-ring (bicyclic) bond motifs is 3. The third-order valence-electron chi connectivity index (χ3n) is 4.67. The molecule has 0 saturated heterocycles. The van der Waals surface area contributed by atoms with E-state index >= 15 is 0 Å². The average Bonchev–Trinajstić information content (AvgIpc) is 2.99. The van der Waals surface area contributed by atoms with E-state index in [9.17, 15) is 15.0 Å². The number of para-hydroxylation sites is 1. The number of nitriles is 1. The minimum absolute atomic E-state index is 0.0554. The van der Waals surface area contributed by atoms with Crippen LogP contribution in [0.15, 0.2) is 59.4 Å². The second kappa shape index (κ2) is 6.11. The number of nitrogens with zero attached hydrogens (tertiary/aromatic N) is 4. The Morgan fingerprint density at radius 3 is 2.44 bits per heavy atom. The Balaban J connectivity index is 2.12. The van der Waals surface area contributed by atoms with E-state index in [-0.39, 0.29) is 5.56 Å². The number of aryl methyl sites for hydroxylation is 1. The summed E-state index contributed by atoms with van der Waals surface area (Å²) in [5, 5.41) is 10.3. The number of hydrogen-bond donors (Lipinski definition) is 0. The Hall–Kier alpha value is -3.92. The highest BCUT2D eigenvalue weighted by atomic mass is 16.8. The maximum atomic E-state index is 13.0. The summed E-state index contributed by atoms with van der Waals surface area (Å²) in [6, 6.07) is 17.8. The van der Waals surface area contributed by atoms with Crippen LogP contribution in [-0.4, -0.2) is 21.2 Å². The first-order valence-electron chi connectivity index (χ1n) is 8.22. The predicted octanol–water partition coefficient (Wildman–Crippen LogP) is 3.33. The molecule has 27 heavy (non-hydrogen) atoms. The van der Waals surface area contributed by atoms with Crippen LogP contribution in [0.2, 0.25) is 0 Å². The molecule has 0 aliphatic rings. The number of benzene rings is 2. The van der Waals surface area contributed by atoms with E-state index in [0.717, 1.165) is 21.9 Å². The van der Waals surface area contributed by atoms with Crippen LogP contribution in [0, 0.1) is 16.2 Å². The van der Waals surface area contributed by atoms with E-state index in [0.29, 0.717) is 16.3 Å². The fourth-order valence-electron chi connectivity index (χ4n) is 3.37. The second-order valence-electron chi connectivity index (χ2n) is 6.08. The molecule has 7 nitrogen and oxygen atoms in total. The second-order valence-corrected chi connectivity index (χ2v) is 6.08. The van der Waals surface area contributed by atoms with Crippen molar-refractivity contribution in [1.29, 1.82) is 5.26 Å². The van der Waals surface area contributed by atoms with Gasteiger partial charge in [-0.25, -0.2) is 4.84 Å². The molecule has 0 atom stereocenters. The quantitative estimate of drug-likeness (QED) is 0.526. The Bertz CT molecular complexity index is 1310. The van der Waals surface area contributed by atoms with Gasteiger partial charge >= 0.3 is 5.69 Å². The zero-order valence-corrected chi connectivity index (χ0v) is 14.7. The van der Waals surface area contributed by atoms with E-state index in [1.54, 1.807) is 30.3 Å². The SMILES string of the molecule is CO[N+](=O)c1ccc(-n2c(=O)c(C#N)cc3c2c2ccccc2n3C)cc1. The topological polar surface area (TPSA) is 80.0 Å².